The summed E-state index contributed by atoms with van der Waals surface area (Å²) in [5, 5.41) is 137. The zero-order valence-corrected chi connectivity index (χ0v) is 67.2. The molecule has 119 heavy (non-hydrogen) atoms. The van der Waals surface area contributed by atoms with E-state index in [9.17, 15) is 65.4 Å². The molecule has 8 aliphatic heterocycles. The fourth-order valence-corrected chi connectivity index (χ4v) is 16.0. The number of nitrogens with two attached hydrogens (primary N) is 2. The van der Waals surface area contributed by atoms with Gasteiger partial charge in [0, 0.05) is 58.2 Å². The van der Waals surface area contributed by atoms with Gasteiger partial charge in [-0.3, -0.25) is 33.6 Å². The van der Waals surface area contributed by atoms with Gasteiger partial charge in [-0.2, -0.15) is 0 Å². The van der Waals surface area contributed by atoms with Gasteiger partial charge in [0.2, 0.25) is 53.4 Å². The topological polar surface area (TPSA) is 561 Å². The van der Waals surface area contributed by atoms with Crippen molar-refractivity contribution in [2.75, 3.05) is 13.7 Å². The van der Waals surface area contributed by atoms with Crippen molar-refractivity contribution in [1.82, 2.24) is 42.5 Å². The predicted octanol–water partition coefficient (Wildman–Crippen LogP) is 2.83. The maximum absolute atomic E-state index is 16.5. The number of fused-ring (bicyclic) bond motifs is 15. The van der Waals surface area contributed by atoms with Crippen molar-refractivity contribution in [1.29, 1.82) is 0 Å². The summed E-state index contributed by atoms with van der Waals surface area (Å²) in [4.78, 5) is 120. The van der Waals surface area contributed by atoms with E-state index < -0.39 is 261 Å². The summed E-state index contributed by atoms with van der Waals surface area (Å²) < 4.78 is 52.6. The molecular formula is C80H93Cl3N10O26. The Hall–Kier alpha value is -9.81. The second-order valence-corrected chi connectivity index (χ2v) is 32.3. The maximum atomic E-state index is 16.5. The number of carbonyl (C=O) groups is 8. The first kappa shape index (κ1) is 88.5. The number of aliphatic hydroxyl groups is 6. The first-order chi connectivity index (χ1) is 56.2. The molecule has 22 N–H and O–H groups in total. The van der Waals surface area contributed by atoms with E-state index in [2.05, 4.69) is 42.5 Å². The molecule has 8 heterocycles. The number of phenols is 3. The molecule has 22 atom stereocenters. The summed E-state index contributed by atoms with van der Waals surface area (Å²) in [6, 6.07) is 6.51. The van der Waals surface area contributed by atoms with Crippen LogP contribution in [-0.4, -0.2) is 215 Å². The van der Waals surface area contributed by atoms with Gasteiger partial charge in [0.05, 0.1) is 53.5 Å². The molecule has 0 unspecified atom stereocenters. The number of primary amides is 1. The predicted molar refractivity (Wildman–Crippen MR) is 420 cm³/mol. The first-order valence-electron chi connectivity index (χ1n) is 38.0. The van der Waals surface area contributed by atoms with Crippen LogP contribution < -0.4 is 68.2 Å². The molecule has 3 saturated heterocycles. The monoisotopic (exact) mass is 1710 g/mol. The fourth-order valence-electron chi connectivity index (χ4n) is 15.3. The number of hydrogen-bond donors (Lipinski definition) is 20. The SMILES string of the molecule is CN[C@H](CC(C)C)C(=O)N[C@H]1C(=O)N[C@@H](CC(N)=O)C(=O)N[C@H]2C(=O)N[C@H]3C(=O)N[C@H](C(=O)N[C@@H](C(=O)O)c4cc(O)cc(O)c4-c4cc3ccc4O)[C@H](O[C@H]3C[C@](C)(N)[C@H](O)[C@H](C)O3)c3ccc(c(Cl)c3)Oc3cc2cc(c3O[C@@H]2O[C@H](CO)[C@@H](O)[C@H](O)[C@H]2O[C@H]2C[C@](C)(NCc3ccccc3Cl)[C@H](O)[C@H](C)O2)Oc2ccc(cc2Cl)[C@H]1O. The maximum Gasteiger partial charge on any atom is 0.330 e. The highest BCUT2D eigenvalue weighted by Gasteiger charge is 2.53. The number of rotatable bonds is 18. The molecule has 6 aromatic carbocycles. The molecule has 7 amide bonds. The number of nitrogens with one attached hydrogen (secondary N) is 8. The van der Waals surface area contributed by atoms with E-state index >= 15 is 24.0 Å². The number of amides is 7. The third-order valence-corrected chi connectivity index (χ3v) is 22.7. The molecule has 14 rings (SSSR count). The van der Waals surface area contributed by atoms with Crippen molar-refractivity contribution >= 4 is 82.1 Å². The van der Waals surface area contributed by atoms with Crippen LogP contribution in [0.3, 0.4) is 0 Å². The summed E-state index contributed by atoms with van der Waals surface area (Å²) in [7, 11) is 1.47. The van der Waals surface area contributed by atoms with Gasteiger partial charge in [-0.25, -0.2) is 4.79 Å². The number of aromatic hydroxyl groups is 3. The molecule has 39 heteroatoms. The van der Waals surface area contributed by atoms with E-state index in [1.165, 1.54) is 51.2 Å². The number of aliphatic hydroxyl groups excluding tert-OH is 6. The highest BCUT2D eigenvalue weighted by molar-refractivity contribution is 6.32. The average Bonchev–Trinajstić information content (AvgIpc) is 0.757. The molecule has 6 aromatic rings. The molecule has 0 spiro atoms. The molecule has 640 valence electrons. The Balaban J connectivity index is 1.10. The van der Waals surface area contributed by atoms with Gasteiger partial charge >= 0.3 is 5.97 Å². The quantitative estimate of drug-likeness (QED) is 0.0588. The highest BCUT2D eigenvalue weighted by Crippen LogP contribution is 2.51. The lowest BCUT2D eigenvalue weighted by molar-refractivity contribution is -0.334. The second kappa shape index (κ2) is 36.2. The molecule has 0 aromatic heterocycles. The van der Waals surface area contributed by atoms with E-state index in [0.29, 0.717) is 10.6 Å². The number of carbonyl (C=O) groups excluding carboxylic acids is 7. The fraction of sp³-hybridized carbons (Fsp3) is 0.450. The number of carboxylic acids is 1. The van der Waals surface area contributed by atoms with Gasteiger partial charge in [0.1, 0.15) is 89.5 Å². The van der Waals surface area contributed by atoms with Crippen molar-refractivity contribution < 1.29 is 127 Å². The summed E-state index contributed by atoms with van der Waals surface area (Å²) in [5.74, 6) is -16.1. The zero-order chi connectivity index (χ0) is 86.3. The van der Waals surface area contributed by atoms with Gasteiger partial charge in [-0.1, -0.05) is 85.0 Å². The van der Waals surface area contributed by atoms with Crippen molar-refractivity contribution in [3.05, 3.63) is 152 Å². The number of carboxylic acid groups (broad SMARTS) is 1. The first-order valence-corrected chi connectivity index (χ1v) is 39.1. The molecule has 11 bridgehead atoms. The Bertz CT molecular complexity index is 4880. The minimum Gasteiger partial charge on any atom is -0.508 e. The van der Waals surface area contributed by atoms with Crippen molar-refractivity contribution in [3.63, 3.8) is 0 Å². The van der Waals surface area contributed by atoms with E-state index in [1.54, 1.807) is 38.1 Å². The van der Waals surface area contributed by atoms with Gasteiger partial charge < -0.3 is 143 Å². The standard InChI is InChI=1S/C80H93Cl3N10O26/c1-31(2)18-45(86-7)71(104)92-61-63(99)35-13-16-49(43(82)20-35)114-51-22-38-23-52(67(51)119-78-68(65(101)64(100)53(30-94)116-78)118-56-28-80(6,70(103)33(4)113-56)87-29-37-10-8-9-11-42(37)81)115-50-17-14-36(21-44(50)83)66(117-55-27-79(5,85)69(102)32(3)112-55)62-76(109)91-60(77(110)111)41-24-39(95)25-48(97)57(41)40-19-34(12-15-47(40)96)58(73(106)93-62)90-74(107)59(38)89-72(105)46(26-54(84)98)88-75(61)108/h8-17,19-25,31-33,45-46,53,55-56,58-66,68-70,78,86-87,94-97,99-103H,18,26-30,85H2,1-7H3,(H2,84,98)(H,88,108)(H,89,105)(H,90,107)(H,91,109)(H,92,104)(H,93,106)(H,110,111)/t32-,33-,45+,46-,53+,55-,56-,58+,59+,60+,61+,62-,63+,64+,65-,66+,68+,69+,70+,78-,79-,80-/m0/s1. The van der Waals surface area contributed by atoms with E-state index in [1.807, 2.05) is 13.8 Å². The normalized spacial score (nSPS) is 30.7. The van der Waals surface area contributed by atoms with E-state index in [4.69, 9.17) is 84.2 Å². The molecule has 0 aliphatic carbocycles. The smallest absolute Gasteiger partial charge is 0.330 e. The van der Waals surface area contributed by atoms with Crippen molar-refractivity contribution in [3.8, 4) is 57.1 Å². The molecule has 8 aliphatic rings. The van der Waals surface area contributed by atoms with Crippen LogP contribution in [0.2, 0.25) is 15.1 Å². The zero-order valence-electron chi connectivity index (χ0n) is 65.0. The number of aliphatic carboxylic acids is 1. The molecule has 0 radical (unpaired) electrons. The largest absolute Gasteiger partial charge is 0.508 e. The Morgan fingerprint density at radius 1 is 0.655 bits per heavy atom. The summed E-state index contributed by atoms with van der Waals surface area (Å²) in [6.45, 7) is 8.93. The van der Waals surface area contributed by atoms with Gasteiger partial charge in [-0.15, -0.1) is 0 Å². The van der Waals surface area contributed by atoms with Crippen LogP contribution in [0.5, 0.6) is 46.0 Å². The van der Waals surface area contributed by atoms with Gasteiger partial charge in [0.25, 0.3) is 0 Å². The van der Waals surface area contributed by atoms with E-state index in [-0.39, 0.29) is 59.2 Å². The number of hydrogen-bond acceptors (Lipinski definition) is 28. The highest BCUT2D eigenvalue weighted by atomic mass is 35.5. The molecule has 3 fully saturated rings. The summed E-state index contributed by atoms with van der Waals surface area (Å²) >= 11 is 21.2. The van der Waals surface area contributed by atoms with Crippen LogP contribution in [-0.2, 0) is 68.6 Å². The summed E-state index contributed by atoms with van der Waals surface area (Å²) in [5.41, 5.74) is 7.60. The van der Waals surface area contributed by atoms with E-state index in [0.717, 1.165) is 48.5 Å². The second-order valence-electron chi connectivity index (χ2n) is 31.1. The number of likely N-dealkylation sites (N-methyl/N-ethyl adjacent to an activating group) is 1. The number of phenolic OH excluding ortho intramolecular Hbond substituents is 3. The number of halogens is 3. The van der Waals surface area contributed by atoms with Crippen molar-refractivity contribution in [2.45, 2.75) is 207 Å². The van der Waals surface area contributed by atoms with Gasteiger partial charge in [0.15, 0.2) is 36.2 Å². The lowest BCUT2D eigenvalue weighted by Gasteiger charge is -2.48. The van der Waals surface area contributed by atoms with Crippen LogP contribution in [0, 0.1) is 5.92 Å². The average molecular weight is 1720 g/mol. The Labute approximate surface area is 695 Å². The van der Waals surface area contributed by atoms with Crippen LogP contribution in [0.1, 0.15) is 131 Å². The lowest BCUT2D eigenvalue weighted by Crippen LogP contribution is -2.65. The van der Waals surface area contributed by atoms with Crippen molar-refractivity contribution in [2.24, 2.45) is 17.4 Å². The minimum atomic E-state index is -2.39. The van der Waals surface area contributed by atoms with Crippen LogP contribution in [0.25, 0.3) is 11.1 Å². The third-order valence-electron chi connectivity index (χ3n) is 21.7. The third kappa shape index (κ3) is 19.2. The van der Waals surface area contributed by atoms with Gasteiger partial charge in [-0.05, 0) is 136 Å². The number of benzene rings is 6. The Morgan fingerprint density at radius 2 is 1.27 bits per heavy atom. The number of ether oxygens (including phenoxy) is 8. The Kier molecular flexibility index (Phi) is 26.9. The van der Waals surface area contributed by atoms with Crippen LogP contribution in [0.4, 0.5) is 0 Å². The summed E-state index contributed by atoms with van der Waals surface area (Å²) in [6.07, 6.45) is -22.9. The molecule has 36 nitrogen and oxygen atoms in total. The minimum absolute atomic E-state index is 0.117. The Morgan fingerprint density at radius 3 is 1.89 bits per heavy atom. The van der Waals surface area contributed by atoms with Crippen LogP contribution >= 0.6 is 34.8 Å². The van der Waals surface area contributed by atoms with Crippen LogP contribution in [0.15, 0.2) is 103 Å². The lowest BCUT2D eigenvalue weighted by atomic mass is 9.84. The molecule has 0 saturated carbocycles. The molecular weight excluding hydrogens is 1620 g/mol.